The van der Waals surface area contributed by atoms with E-state index in [1.165, 1.54) is 35.0 Å². The van der Waals surface area contributed by atoms with Gasteiger partial charge >= 0.3 is 0 Å². The molecule has 0 spiro atoms. The van der Waals surface area contributed by atoms with E-state index < -0.39 is 21.0 Å². The van der Waals surface area contributed by atoms with Gasteiger partial charge in [-0.3, -0.25) is 19.8 Å². The van der Waals surface area contributed by atoms with E-state index in [1.807, 2.05) is 35.2 Å². The van der Waals surface area contributed by atoms with Crippen molar-refractivity contribution in [2.45, 2.75) is 13.0 Å². The number of nitro benzene ring substituents is 1. The van der Waals surface area contributed by atoms with Crippen molar-refractivity contribution in [2.24, 2.45) is 0 Å². The van der Waals surface area contributed by atoms with Crippen molar-refractivity contribution >= 4 is 33.4 Å². The Morgan fingerprint density at radius 2 is 1.82 bits per heavy atom. The number of benzene rings is 2. The Bertz CT molecular complexity index is 1130. The standard InChI is InChI=1S/C22H26N4O6S/c1-17(22(27)23-20-16-19(26(28)29)8-9-21(20)32-2)24-11-13-25(14-12-24)33(30,31)15-10-18-6-4-3-5-7-18/h3-10,15-17H,11-14H2,1-2H3,(H,23,27)/b15-10+/t17-/m0/s1. The average Bonchev–Trinajstić information content (AvgIpc) is 2.83. The number of piperazine rings is 1. The fourth-order valence-electron chi connectivity index (χ4n) is 3.47. The Morgan fingerprint density at radius 1 is 1.15 bits per heavy atom. The zero-order chi connectivity index (χ0) is 24.0. The quantitative estimate of drug-likeness (QED) is 0.461. The van der Waals surface area contributed by atoms with Crippen LogP contribution in [0.1, 0.15) is 12.5 Å². The average molecular weight is 475 g/mol. The summed E-state index contributed by atoms with van der Waals surface area (Å²) in [5.74, 6) is -0.0589. The molecule has 10 nitrogen and oxygen atoms in total. The minimum absolute atomic E-state index is 0.166. The van der Waals surface area contributed by atoms with Crippen LogP contribution in [0.3, 0.4) is 0 Å². The van der Waals surface area contributed by atoms with Crippen LogP contribution in [0.15, 0.2) is 53.9 Å². The van der Waals surface area contributed by atoms with E-state index in [0.29, 0.717) is 18.8 Å². The van der Waals surface area contributed by atoms with Gasteiger partial charge in [0.1, 0.15) is 5.75 Å². The first-order valence-electron chi connectivity index (χ1n) is 10.3. The Labute approximate surface area is 192 Å². The van der Waals surface area contributed by atoms with Crippen LogP contribution in [-0.4, -0.2) is 67.8 Å². The van der Waals surface area contributed by atoms with Crippen LogP contribution in [-0.2, 0) is 14.8 Å². The Hall–Kier alpha value is -3.28. The largest absolute Gasteiger partial charge is 0.495 e. The number of carbonyl (C=O) groups is 1. The molecule has 0 aliphatic carbocycles. The number of non-ortho nitro benzene ring substituents is 1. The molecule has 1 aliphatic heterocycles. The number of nitro groups is 1. The summed E-state index contributed by atoms with van der Waals surface area (Å²) < 4.78 is 31.8. The van der Waals surface area contributed by atoms with Crippen LogP contribution in [0.25, 0.3) is 6.08 Å². The molecule has 2 aromatic rings. The summed E-state index contributed by atoms with van der Waals surface area (Å²) in [6.45, 7) is 2.95. The minimum Gasteiger partial charge on any atom is -0.495 e. The molecule has 11 heteroatoms. The molecule has 0 saturated carbocycles. The highest BCUT2D eigenvalue weighted by Crippen LogP contribution is 2.29. The Kier molecular flexibility index (Phi) is 7.79. The van der Waals surface area contributed by atoms with Gasteiger partial charge in [-0.15, -0.1) is 0 Å². The zero-order valence-electron chi connectivity index (χ0n) is 18.4. The Morgan fingerprint density at radius 3 is 2.42 bits per heavy atom. The number of hydrogen-bond acceptors (Lipinski definition) is 7. The molecule has 1 aliphatic rings. The fraction of sp³-hybridized carbons (Fsp3) is 0.318. The topological polar surface area (TPSA) is 122 Å². The van der Waals surface area contributed by atoms with E-state index in [-0.39, 0.29) is 30.4 Å². The molecule has 0 unspecified atom stereocenters. The lowest BCUT2D eigenvalue weighted by molar-refractivity contribution is -0.384. The van der Waals surface area contributed by atoms with Crippen molar-refractivity contribution in [3.63, 3.8) is 0 Å². The van der Waals surface area contributed by atoms with Crippen molar-refractivity contribution < 1.29 is 22.9 Å². The number of methoxy groups -OCH3 is 1. The van der Waals surface area contributed by atoms with Gasteiger partial charge in [0.05, 0.1) is 23.8 Å². The molecule has 0 radical (unpaired) electrons. The van der Waals surface area contributed by atoms with Crippen molar-refractivity contribution in [1.29, 1.82) is 0 Å². The van der Waals surface area contributed by atoms with Gasteiger partial charge in [-0.1, -0.05) is 30.3 Å². The number of hydrogen-bond donors (Lipinski definition) is 1. The summed E-state index contributed by atoms with van der Waals surface area (Å²) >= 11 is 0. The van der Waals surface area contributed by atoms with Gasteiger partial charge in [0.25, 0.3) is 5.69 Å². The van der Waals surface area contributed by atoms with E-state index >= 15 is 0 Å². The molecule has 176 valence electrons. The Balaban J connectivity index is 1.60. The van der Waals surface area contributed by atoms with E-state index in [1.54, 1.807) is 13.0 Å². The lowest BCUT2D eigenvalue weighted by Crippen LogP contribution is -2.53. The molecule has 1 fully saturated rings. The highest BCUT2D eigenvalue weighted by molar-refractivity contribution is 7.92. The van der Waals surface area contributed by atoms with E-state index in [4.69, 9.17) is 4.74 Å². The molecular formula is C22H26N4O6S. The third-order valence-corrected chi connectivity index (χ3v) is 7.01. The highest BCUT2D eigenvalue weighted by atomic mass is 32.2. The number of sulfonamides is 1. The molecular weight excluding hydrogens is 448 g/mol. The summed E-state index contributed by atoms with van der Waals surface area (Å²) in [6, 6.07) is 12.6. The van der Waals surface area contributed by atoms with Gasteiger partial charge in [-0.05, 0) is 24.6 Å². The smallest absolute Gasteiger partial charge is 0.271 e. The molecule has 1 N–H and O–H groups in total. The van der Waals surface area contributed by atoms with Crippen molar-refractivity contribution in [3.05, 3.63) is 69.6 Å². The number of nitrogens with zero attached hydrogens (tertiary/aromatic N) is 3. The zero-order valence-corrected chi connectivity index (χ0v) is 19.2. The van der Waals surface area contributed by atoms with Gasteiger partial charge in [0.15, 0.2) is 0 Å². The SMILES string of the molecule is COc1ccc([N+](=O)[O-])cc1NC(=O)[C@H](C)N1CCN(S(=O)(=O)/C=C/c2ccccc2)CC1. The maximum absolute atomic E-state index is 12.8. The predicted octanol–water partition coefficient (Wildman–Crippen LogP) is 2.55. The molecule has 1 saturated heterocycles. The molecule has 1 heterocycles. The van der Waals surface area contributed by atoms with E-state index in [0.717, 1.165) is 5.56 Å². The summed E-state index contributed by atoms with van der Waals surface area (Å²) in [7, 11) is -2.17. The van der Waals surface area contributed by atoms with Gasteiger partial charge < -0.3 is 10.1 Å². The van der Waals surface area contributed by atoms with Gasteiger partial charge in [0.2, 0.25) is 15.9 Å². The van der Waals surface area contributed by atoms with Crippen LogP contribution < -0.4 is 10.1 Å². The second kappa shape index (κ2) is 10.6. The van der Waals surface area contributed by atoms with Crippen molar-refractivity contribution in [3.8, 4) is 5.75 Å². The summed E-state index contributed by atoms with van der Waals surface area (Å²) in [6.07, 6.45) is 1.56. The monoisotopic (exact) mass is 474 g/mol. The second-order valence-electron chi connectivity index (χ2n) is 7.50. The second-order valence-corrected chi connectivity index (χ2v) is 9.32. The minimum atomic E-state index is -3.58. The number of nitrogens with one attached hydrogen (secondary N) is 1. The molecule has 33 heavy (non-hydrogen) atoms. The number of rotatable bonds is 8. The van der Waals surface area contributed by atoms with E-state index in [9.17, 15) is 23.3 Å². The molecule has 0 aromatic heterocycles. The van der Waals surface area contributed by atoms with Crippen LogP contribution in [0.2, 0.25) is 0 Å². The number of anilines is 1. The first kappa shape index (κ1) is 24.4. The lowest BCUT2D eigenvalue weighted by Gasteiger charge is -2.36. The summed E-state index contributed by atoms with van der Waals surface area (Å²) in [5.41, 5.74) is 0.832. The van der Waals surface area contributed by atoms with Gasteiger partial charge in [-0.25, -0.2) is 8.42 Å². The number of amides is 1. The number of ether oxygens (including phenoxy) is 1. The van der Waals surface area contributed by atoms with Crippen molar-refractivity contribution in [2.75, 3.05) is 38.6 Å². The van der Waals surface area contributed by atoms with Crippen LogP contribution >= 0.6 is 0 Å². The van der Waals surface area contributed by atoms with Crippen LogP contribution in [0.4, 0.5) is 11.4 Å². The fourth-order valence-corrected chi connectivity index (χ4v) is 4.64. The highest BCUT2D eigenvalue weighted by Gasteiger charge is 2.30. The van der Waals surface area contributed by atoms with Gasteiger partial charge in [-0.2, -0.15) is 4.31 Å². The molecule has 3 rings (SSSR count). The van der Waals surface area contributed by atoms with Crippen LogP contribution in [0.5, 0.6) is 5.75 Å². The van der Waals surface area contributed by atoms with E-state index in [2.05, 4.69) is 5.32 Å². The normalized spacial score (nSPS) is 16.4. The summed E-state index contributed by atoms with van der Waals surface area (Å²) in [4.78, 5) is 25.1. The van der Waals surface area contributed by atoms with Crippen LogP contribution in [0, 0.1) is 10.1 Å². The van der Waals surface area contributed by atoms with Crippen molar-refractivity contribution in [1.82, 2.24) is 9.21 Å². The van der Waals surface area contributed by atoms with Gasteiger partial charge in [0, 0.05) is 43.7 Å². The molecule has 1 atom stereocenters. The molecule has 2 aromatic carbocycles. The molecule has 1 amide bonds. The number of carbonyl (C=O) groups excluding carboxylic acids is 1. The lowest BCUT2D eigenvalue weighted by atomic mass is 10.2. The maximum Gasteiger partial charge on any atom is 0.271 e. The first-order chi connectivity index (χ1) is 15.7. The maximum atomic E-state index is 12.8. The summed E-state index contributed by atoms with van der Waals surface area (Å²) in [5, 5.41) is 14.9. The third-order valence-electron chi connectivity index (χ3n) is 5.44. The molecule has 0 bridgehead atoms. The third kappa shape index (κ3) is 6.15. The predicted molar refractivity (Wildman–Crippen MR) is 125 cm³/mol. The first-order valence-corrected chi connectivity index (χ1v) is 11.8.